The third kappa shape index (κ3) is 5.57. The zero-order valence-corrected chi connectivity index (χ0v) is 10.8. The molecule has 0 aliphatic carbocycles. The van der Waals surface area contributed by atoms with Crippen LogP contribution in [0.25, 0.3) is 0 Å². The van der Waals surface area contributed by atoms with Crippen molar-refractivity contribution in [2.24, 2.45) is 17.8 Å². The summed E-state index contributed by atoms with van der Waals surface area (Å²) in [5, 5.41) is 0. The van der Waals surface area contributed by atoms with E-state index >= 15 is 0 Å². The summed E-state index contributed by atoms with van der Waals surface area (Å²) in [5.41, 5.74) is 0. The summed E-state index contributed by atoms with van der Waals surface area (Å²) in [7, 11) is 0. The second-order valence-electron chi connectivity index (χ2n) is 5.37. The van der Waals surface area contributed by atoms with Gasteiger partial charge in [0.05, 0.1) is 0 Å². The van der Waals surface area contributed by atoms with Crippen LogP contribution in [0, 0.1) is 17.8 Å². The molecule has 0 heterocycles. The molecule has 0 spiro atoms. The van der Waals surface area contributed by atoms with Gasteiger partial charge in [0.2, 0.25) is 0 Å². The first-order valence-corrected chi connectivity index (χ1v) is 5.82. The average molecular weight is 205 g/mol. The smallest absolute Gasteiger partial charge is 0.0444 e. The first kappa shape index (κ1) is 13.3. The molecule has 0 saturated heterocycles. The second-order valence-corrected chi connectivity index (χ2v) is 6.24. The van der Waals surface area contributed by atoms with E-state index in [1.165, 1.54) is 6.42 Å². The Morgan fingerprint density at radius 1 is 1.08 bits per heavy atom. The minimum Gasteiger partial charge on any atom is -0.119 e. The average Bonchev–Trinajstić information content (AvgIpc) is 1.82. The Morgan fingerprint density at radius 2 is 1.54 bits per heavy atom. The number of hydrogen-bond donors (Lipinski definition) is 0. The van der Waals surface area contributed by atoms with Crippen LogP contribution >= 0.6 is 11.6 Å². The number of halogens is 1. The SMILES string of the molecule is CC(C)CC(C)CC(C)(Cl)C(C)C. The van der Waals surface area contributed by atoms with Crippen molar-refractivity contribution in [3.63, 3.8) is 0 Å². The van der Waals surface area contributed by atoms with Crippen molar-refractivity contribution in [3.8, 4) is 0 Å². The molecular weight excluding hydrogens is 180 g/mol. The summed E-state index contributed by atoms with van der Waals surface area (Å²) in [4.78, 5) is -0.0195. The molecule has 0 amide bonds. The lowest BCUT2D eigenvalue weighted by atomic mass is 9.84. The molecule has 0 nitrogen and oxygen atoms in total. The highest BCUT2D eigenvalue weighted by Gasteiger charge is 2.27. The molecule has 0 rings (SSSR count). The van der Waals surface area contributed by atoms with Gasteiger partial charge in [0.1, 0.15) is 0 Å². The van der Waals surface area contributed by atoms with Crippen LogP contribution in [0.5, 0.6) is 0 Å². The van der Waals surface area contributed by atoms with Crippen LogP contribution in [-0.2, 0) is 0 Å². The van der Waals surface area contributed by atoms with E-state index in [1.807, 2.05) is 0 Å². The lowest BCUT2D eigenvalue weighted by Gasteiger charge is -2.30. The Bertz CT molecular complexity index is 136. The second kappa shape index (κ2) is 5.24. The molecule has 0 aromatic rings. The zero-order valence-electron chi connectivity index (χ0n) is 10.0. The van der Waals surface area contributed by atoms with Gasteiger partial charge in [-0.25, -0.2) is 0 Å². The molecular formula is C12H25Cl. The molecule has 0 aliphatic heterocycles. The Hall–Kier alpha value is 0.290. The van der Waals surface area contributed by atoms with Crippen molar-refractivity contribution >= 4 is 11.6 Å². The minimum absolute atomic E-state index is 0.0195. The van der Waals surface area contributed by atoms with Crippen LogP contribution in [-0.4, -0.2) is 4.87 Å². The predicted octanol–water partition coefficient (Wildman–Crippen LogP) is 4.71. The summed E-state index contributed by atoms with van der Waals surface area (Å²) in [5.74, 6) is 2.09. The fourth-order valence-electron chi connectivity index (χ4n) is 1.81. The van der Waals surface area contributed by atoms with E-state index in [9.17, 15) is 0 Å². The molecule has 0 fully saturated rings. The lowest BCUT2D eigenvalue weighted by Crippen LogP contribution is -2.27. The molecule has 0 aromatic carbocycles. The van der Waals surface area contributed by atoms with E-state index in [1.54, 1.807) is 0 Å². The summed E-state index contributed by atoms with van der Waals surface area (Å²) >= 11 is 6.45. The Balaban J connectivity index is 3.96. The summed E-state index contributed by atoms with van der Waals surface area (Å²) in [6, 6.07) is 0. The van der Waals surface area contributed by atoms with Gasteiger partial charge >= 0.3 is 0 Å². The molecule has 0 bridgehead atoms. The molecule has 1 heteroatoms. The van der Waals surface area contributed by atoms with Crippen molar-refractivity contribution in [1.29, 1.82) is 0 Å². The maximum Gasteiger partial charge on any atom is 0.0444 e. The van der Waals surface area contributed by atoms with Gasteiger partial charge in [0.15, 0.2) is 0 Å². The molecule has 2 atom stereocenters. The van der Waals surface area contributed by atoms with Crippen molar-refractivity contribution < 1.29 is 0 Å². The molecule has 0 aromatic heterocycles. The van der Waals surface area contributed by atoms with Crippen LogP contribution in [0.1, 0.15) is 54.4 Å². The van der Waals surface area contributed by atoms with E-state index < -0.39 is 0 Å². The topological polar surface area (TPSA) is 0 Å². The van der Waals surface area contributed by atoms with Crippen molar-refractivity contribution in [1.82, 2.24) is 0 Å². The van der Waals surface area contributed by atoms with Crippen LogP contribution in [0.4, 0.5) is 0 Å². The van der Waals surface area contributed by atoms with Crippen molar-refractivity contribution in [2.45, 2.75) is 59.3 Å². The van der Waals surface area contributed by atoms with Crippen LogP contribution in [0.3, 0.4) is 0 Å². The van der Waals surface area contributed by atoms with Crippen LogP contribution < -0.4 is 0 Å². The maximum absolute atomic E-state index is 6.45. The zero-order chi connectivity index (χ0) is 10.6. The normalized spacial score (nSPS) is 19.2. The van der Waals surface area contributed by atoms with Crippen molar-refractivity contribution in [2.75, 3.05) is 0 Å². The minimum atomic E-state index is -0.0195. The first-order chi connectivity index (χ1) is 5.75. The van der Waals surface area contributed by atoms with Crippen LogP contribution in [0.2, 0.25) is 0 Å². The third-order valence-electron chi connectivity index (χ3n) is 2.83. The summed E-state index contributed by atoms with van der Waals surface area (Å²) in [6.07, 6.45) is 2.42. The van der Waals surface area contributed by atoms with E-state index in [-0.39, 0.29) is 4.87 Å². The van der Waals surface area contributed by atoms with Gasteiger partial charge < -0.3 is 0 Å². The van der Waals surface area contributed by atoms with Gasteiger partial charge in [-0.3, -0.25) is 0 Å². The van der Waals surface area contributed by atoms with E-state index in [4.69, 9.17) is 11.6 Å². The summed E-state index contributed by atoms with van der Waals surface area (Å²) in [6.45, 7) is 13.4. The monoisotopic (exact) mass is 204 g/mol. The fourth-order valence-corrected chi connectivity index (χ4v) is 2.07. The van der Waals surface area contributed by atoms with Gasteiger partial charge in [0.25, 0.3) is 0 Å². The van der Waals surface area contributed by atoms with Crippen LogP contribution in [0.15, 0.2) is 0 Å². The van der Waals surface area contributed by atoms with Gasteiger partial charge in [-0.1, -0.05) is 34.6 Å². The molecule has 13 heavy (non-hydrogen) atoms. The molecule has 0 radical (unpaired) electrons. The third-order valence-corrected chi connectivity index (χ3v) is 3.42. The maximum atomic E-state index is 6.45. The molecule has 0 aliphatic rings. The highest BCUT2D eigenvalue weighted by molar-refractivity contribution is 6.23. The number of rotatable bonds is 5. The predicted molar refractivity (Wildman–Crippen MR) is 62.3 cm³/mol. The highest BCUT2D eigenvalue weighted by atomic mass is 35.5. The van der Waals surface area contributed by atoms with Crippen molar-refractivity contribution in [3.05, 3.63) is 0 Å². The molecule has 0 N–H and O–H groups in total. The summed E-state index contributed by atoms with van der Waals surface area (Å²) < 4.78 is 0. The first-order valence-electron chi connectivity index (χ1n) is 5.44. The van der Waals surface area contributed by atoms with E-state index in [0.717, 1.165) is 18.3 Å². The Labute approximate surface area is 89.1 Å². The van der Waals surface area contributed by atoms with E-state index in [0.29, 0.717) is 5.92 Å². The highest BCUT2D eigenvalue weighted by Crippen LogP contribution is 2.33. The Morgan fingerprint density at radius 3 is 1.85 bits per heavy atom. The quantitative estimate of drug-likeness (QED) is 0.569. The number of hydrogen-bond acceptors (Lipinski definition) is 0. The number of alkyl halides is 1. The van der Waals surface area contributed by atoms with E-state index in [2.05, 4.69) is 41.5 Å². The standard InChI is InChI=1S/C12H25Cl/c1-9(2)7-11(5)8-12(6,13)10(3)4/h9-11H,7-8H2,1-6H3. The molecule has 2 unspecified atom stereocenters. The lowest BCUT2D eigenvalue weighted by molar-refractivity contribution is 0.324. The fraction of sp³-hybridized carbons (Fsp3) is 1.00. The largest absolute Gasteiger partial charge is 0.119 e. The van der Waals surface area contributed by atoms with Gasteiger partial charge in [-0.2, -0.15) is 0 Å². The molecule has 0 saturated carbocycles. The van der Waals surface area contributed by atoms with Gasteiger partial charge in [-0.05, 0) is 37.5 Å². The Kier molecular flexibility index (Phi) is 5.36. The van der Waals surface area contributed by atoms with Gasteiger partial charge in [-0.15, -0.1) is 11.6 Å². The molecule has 80 valence electrons. The van der Waals surface area contributed by atoms with Gasteiger partial charge in [0, 0.05) is 4.87 Å².